The molecule has 0 N–H and O–H groups in total. The quantitative estimate of drug-likeness (QED) is 0.0842. The number of ether oxygens (including phenoxy) is 1. The van der Waals surface area contributed by atoms with Crippen LogP contribution in [0.25, 0.3) is 22.0 Å². The number of ketones is 1. The SMILES string of the molecule is CC(C)(C#Cc1ccc(-c2ccc(Cl)c3c(CS(C)(=O)=O)nn(C4COC4)c23)c([C@@H](CC(=O)Cn2nc(C(F)(F)F)c3c2C(F)(F)[C@@H]2C[C@H]32)Cc2cc(F)cc(F)c2)n1)S(=O)(=O)C1CC1. The van der Waals surface area contributed by atoms with Gasteiger partial charge in [0.2, 0.25) is 0 Å². The zero-order valence-corrected chi connectivity index (χ0v) is 37.2. The lowest BCUT2D eigenvalue weighted by molar-refractivity contribution is -0.142. The molecule has 3 atom stereocenters. The molecule has 0 radical (unpaired) electrons. The summed E-state index contributed by atoms with van der Waals surface area (Å²) in [5.41, 5.74) is -1.96. The van der Waals surface area contributed by atoms with Gasteiger partial charge in [-0.25, -0.2) is 30.6 Å². The first kappa shape index (κ1) is 45.3. The average molecular weight is 966 g/mol. The molecule has 1 aliphatic heterocycles. The van der Waals surface area contributed by atoms with Crippen LogP contribution in [0.1, 0.15) is 97.0 Å². The third-order valence-corrected chi connectivity index (χ3v) is 16.4. The molecule has 5 aromatic rings. The molecule has 0 bridgehead atoms. The van der Waals surface area contributed by atoms with Crippen LogP contribution in [0.5, 0.6) is 0 Å². The number of nitrogens with zero attached hydrogens (tertiary/aromatic N) is 5. The van der Waals surface area contributed by atoms with E-state index in [1.54, 1.807) is 16.8 Å². The van der Waals surface area contributed by atoms with Crippen LogP contribution in [0.4, 0.5) is 30.7 Å². The van der Waals surface area contributed by atoms with E-state index < -0.39 is 113 Å². The molecular formula is C44H39ClF7N5O6S2. The molecule has 0 spiro atoms. The predicted octanol–water partition coefficient (Wildman–Crippen LogP) is 8.26. The molecule has 3 fully saturated rings. The van der Waals surface area contributed by atoms with Gasteiger partial charge in [0.1, 0.15) is 34.3 Å². The monoisotopic (exact) mass is 965 g/mol. The largest absolute Gasteiger partial charge is 0.435 e. The minimum absolute atomic E-state index is 0.00755. The summed E-state index contributed by atoms with van der Waals surface area (Å²) in [4.78, 5) is 19.1. The van der Waals surface area contributed by atoms with E-state index in [0.29, 0.717) is 34.7 Å². The molecule has 3 aliphatic carbocycles. The van der Waals surface area contributed by atoms with Gasteiger partial charge in [0.05, 0.1) is 52.2 Å². The minimum atomic E-state index is -5.09. The Morgan fingerprint density at radius 2 is 1.68 bits per heavy atom. The molecule has 1 saturated heterocycles. The molecule has 2 aromatic carbocycles. The van der Waals surface area contributed by atoms with E-state index in [1.165, 1.54) is 26.0 Å². The molecule has 3 aromatic heterocycles. The van der Waals surface area contributed by atoms with E-state index >= 15 is 8.78 Å². The van der Waals surface area contributed by atoms with Crippen LogP contribution in [0, 0.1) is 29.4 Å². The van der Waals surface area contributed by atoms with Crippen molar-refractivity contribution in [1.29, 1.82) is 0 Å². The molecule has 344 valence electrons. The maximum absolute atomic E-state index is 15.6. The maximum Gasteiger partial charge on any atom is 0.435 e. The topological polar surface area (TPSA) is 143 Å². The van der Waals surface area contributed by atoms with Crippen LogP contribution in [-0.4, -0.2) is 76.6 Å². The fourth-order valence-electron chi connectivity index (χ4n) is 9.05. The molecule has 4 aliphatic rings. The summed E-state index contributed by atoms with van der Waals surface area (Å²) in [5.74, 6) is -4.98. The second-order valence-corrected chi connectivity index (χ2v) is 23.2. The Hall–Kier alpha value is -4.84. The Morgan fingerprint density at radius 3 is 2.29 bits per heavy atom. The van der Waals surface area contributed by atoms with Crippen molar-refractivity contribution in [2.45, 2.75) is 98.2 Å². The van der Waals surface area contributed by atoms with Gasteiger partial charge in [-0.15, -0.1) is 0 Å². The van der Waals surface area contributed by atoms with E-state index in [4.69, 9.17) is 21.3 Å². The number of aromatic nitrogens is 5. The lowest BCUT2D eigenvalue weighted by Crippen LogP contribution is -2.33. The van der Waals surface area contributed by atoms with Gasteiger partial charge in [-0.3, -0.25) is 14.2 Å². The zero-order valence-electron chi connectivity index (χ0n) is 34.8. The van der Waals surface area contributed by atoms with E-state index in [1.807, 2.05) is 0 Å². The van der Waals surface area contributed by atoms with Crippen molar-refractivity contribution in [2.75, 3.05) is 19.5 Å². The van der Waals surface area contributed by atoms with E-state index in [2.05, 4.69) is 22.0 Å². The average Bonchev–Trinajstić information content (AvgIpc) is 4.09. The van der Waals surface area contributed by atoms with Crippen molar-refractivity contribution >= 4 is 48.0 Å². The number of benzene rings is 2. The number of alkyl halides is 5. The predicted molar refractivity (Wildman–Crippen MR) is 224 cm³/mol. The Labute approximate surface area is 373 Å². The lowest BCUT2D eigenvalue weighted by Gasteiger charge is -2.28. The van der Waals surface area contributed by atoms with Crippen molar-refractivity contribution in [3.8, 4) is 23.0 Å². The number of hydrogen-bond donors (Lipinski definition) is 0. The van der Waals surface area contributed by atoms with Gasteiger partial charge in [-0.1, -0.05) is 23.6 Å². The van der Waals surface area contributed by atoms with Crippen LogP contribution in [0.15, 0.2) is 42.5 Å². The Bertz CT molecular complexity index is 3090. The molecule has 0 amide bonds. The Kier molecular flexibility index (Phi) is 10.9. The highest BCUT2D eigenvalue weighted by atomic mass is 35.5. The number of sulfone groups is 2. The molecular weight excluding hydrogens is 927 g/mol. The lowest BCUT2D eigenvalue weighted by atomic mass is 9.86. The molecule has 11 nitrogen and oxygen atoms in total. The van der Waals surface area contributed by atoms with Crippen molar-refractivity contribution in [3.05, 3.63) is 98.7 Å². The van der Waals surface area contributed by atoms with Crippen LogP contribution in [0.3, 0.4) is 0 Å². The highest BCUT2D eigenvalue weighted by Crippen LogP contribution is 2.68. The first-order chi connectivity index (χ1) is 30.3. The summed E-state index contributed by atoms with van der Waals surface area (Å²) in [7, 11) is -7.38. The van der Waals surface area contributed by atoms with E-state index in [0.717, 1.165) is 18.4 Å². The highest BCUT2D eigenvalue weighted by Gasteiger charge is 2.68. The molecule has 0 unspecified atom stereocenters. The molecule has 21 heteroatoms. The summed E-state index contributed by atoms with van der Waals surface area (Å²) >= 11 is 6.78. The first-order valence-corrected chi connectivity index (χ1v) is 24.6. The van der Waals surface area contributed by atoms with Crippen molar-refractivity contribution in [1.82, 2.24) is 24.5 Å². The number of carbonyl (C=O) groups excluding carboxylic acids is 1. The first-order valence-electron chi connectivity index (χ1n) is 20.6. The number of rotatable bonds is 13. The normalized spacial score (nSPS) is 19.9. The maximum atomic E-state index is 15.6. The minimum Gasteiger partial charge on any atom is -0.377 e. The van der Waals surface area contributed by atoms with Gasteiger partial charge < -0.3 is 4.74 Å². The Morgan fingerprint density at radius 1 is 1.00 bits per heavy atom. The van der Waals surface area contributed by atoms with Crippen molar-refractivity contribution in [3.63, 3.8) is 0 Å². The van der Waals surface area contributed by atoms with Gasteiger partial charge in [-0.2, -0.15) is 32.1 Å². The highest BCUT2D eigenvalue weighted by molar-refractivity contribution is 7.93. The van der Waals surface area contributed by atoms with Crippen molar-refractivity contribution in [2.24, 2.45) is 5.92 Å². The second kappa shape index (κ2) is 15.6. The number of halogens is 8. The molecule has 4 heterocycles. The number of carbonyl (C=O) groups is 1. The Balaban J connectivity index is 1.22. The molecule has 65 heavy (non-hydrogen) atoms. The summed E-state index contributed by atoms with van der Waals surface area (Å²) in [6, 6.07) is 8.43. The van der Waals surface area contributed by atoms with Gasteiger partial charge in [0.15, 0.2) is 31.2 Å². The zero-order chi connectivity index (χ0) is 46.8. The third-order valence-electron chi connectivity index (χ3n) is 12.4. The smallest absolute Gasteiger partial charge is 0.377 e. The van der Waals surface area contributed by atoms with Gasteiger partial charge >= 0.3 is 6.18 Å². The fourth-order valence-corrected chi connectivity index (χ4v) is 11.8. The van der Waals surface area contributed by atoms with Crippen LogP contribution in [-0.2, 0) is 60.0 Å². The number of fused-ring (bicyclic) bond motifs is 4. The number of pyridine rings is 1. The van der Waals surface area contributed by atoms with Crippen LogP contribution < -0.4 is 0 Å². The van der Waals surface area contributed by atoms with Crippen LogP contribution in [0.2, 0.25) is 5.02 Å². The third kappa shape index (κ3) is 8.35. The molecule has 9 rings (SSSR count). The second-order valence-electron chi connectivity index (χ2n) is 17.9. The standard InChI is InChI=1S/C44H39ClF7N5O6S2/c1-42(2,65(61,62)29-5-6-29)11-10-26-4-7-30(31-8-9-34(45)37-35(21-64(3,59)60)54-57(39(31)37)27-19-63-20-27)38(53-26)23(12-22-13-24(46)16-25(47)14-22)15-28(58)18-56-41-36(40(55-56)44(50,51)52)32-17-33(32)43(41,48)49/h4,7-9,13-14,16,23,27,29,32-33H,5-6,12,15,17-21H2,1-3H3/t23-,32+,33-/m1/s1. The van der Waals surface area contributed by atoms with Crippen molar-refractivity contribution < 1.29 is 57.1 Å². The van der Waals surface area contributed by atoms with E-state index in [-0.39, 0.29) is 70.7 Å². The van der Waals surface area contributed by atoms with Crippen LogP contribution >= 0.6 is 11.6 Å². The summed E-state index contributed by atoms with van der Waals surface area (Å²) in [5, 5.41) is 8.04. The van der Waals surface area contributed by atoms with Gasteiger partial charge in [-0.05, 0) is 87.3 Å². The number of Topliss-reactive ketones (excluding diaryl/α,β-unsaturated/α-hetero) is 1. The summed E-state index contributed by atoms with van der Waals surface area (Å²) < 4.78 is 161. The summed E-state index contributed by atoms with van der Waals surface area (Å²) in [6.07, 6.45) is -4.22. The number of hydrogen-bond acceptors (Lipinski definition) is 9. The van der Waals surface area contributed by atoms with E-state index in [9.17, 15) is 43.6 Å². The molecule has 2 saturated carbocycles. The van der Waals surface area contributed by atoms with Gasteiger partial charge in [0, 0.05) is 52.7 Å². The summed E-state index contributed by atoms with van der Waals surface area (Å²) in [6.45, 7) is 2.30. The van der Waals surface area contributed by atoms with Gasteiger partial charge in [0.25, 0.3) is 5.92 Å². The fraction of sp³-hybridized carbons (Fsp3) is 0.455.